The molecule has 8 heteroatoms. The number of amidine groups is 1. The van der Waals surface area contributed by atoms with Gasteiger partial charge in [-0.25, -0.2) is 8.42 Å². The fraction of sp³-hybridized carbons (Fsp3) is 0.222. The minimum atomic E-state index is -3.55. The Labute approximate surface area is 162 Å². The average Bonchev–Trinajstić information content (AvgIpc) is 3.02. The zero-order valence-corrected chi connectivity index (χ0v) is 16.6. The maximum Gasteiger partial charge on any atom is 0.265 e. The summed E-state index contributed by atoms with van der Waals surface area (Å²) in [6.45, 7) is 1.97. The van der Waals surface area contributed by atoms with Crippen LogP contribution >= 0.6 is 23.4 Å². The van der Waals surface area contributed by atoms with E-state index in [4.69, 9.17) is 11.6 Å². The Morgan fingerprint density at radius 2 is 1.85 bits per heavy atom. The minimum absolute atomic E-state index is 0.000564. The number of anilines is 1. The van der Waals surface area contributed by atoms with Crippen molar-refractivity contribution in [1.82, 2.24) is 0 Å². The molecule has 0 saturated heterocycles. The van der Waals surface area contributed by atoms with Crippen LogP contribution < -0.4 is 4.90 Å². The normalized spacial score (nSPS) is 17.0. The number of nitrogens with zero attached hydrogens (tertiary/aromatic N) is 2. The summed E-state index contributed by atoms with van der Waals surface area (Å²) < 4.78 is 24.2. The second-order valence-corrected chi connectivity index (χ2v) is 9.36. The van der Waals surface area contributed by atoms with E-state index >= 15 is 0 Å². The van der Waals surface area contributed by atoms with E-state index in [9.17, 15) is 13.2 Å². The number of benzene rings is 2. The van der Waals surface area contributed by atoms with Crippen LogP contribution in [0.5, 0.6) is 0 Å². The lowest BCUT2D eigenvalue weighted by Crippen LogP contribution is -2.35. The van der Waals surface area contributed by atoms with Gasteiger partial charge in [-0.05, 0) is 43.3 Å². The zero-order valence-electron chi connectivity index (χ0n) is 14.2. The fourth-order valence-electron chi connectivity index (χ4n) is 2.57. The summed E-state index contributed by atoms with van der Waals surface area (Å²) in [6.07, 6.45) is 1.09. The molecule has 1 aliphatic rings. The number of hydrogen-bond acceptors (Lipinski definition) is 5. The summed E-state index contributed by atoms with van der Waals surface area (Å²) >= 11 is 7.43. The smallest absolute Gasteiger partial charge is 0.265 e. The van der Waals surface area contributed by atoms with Crippen molar-refractivity contribution in [2.24, 2.45) is 4.99 Å². The zero-order chi connectivity index (χ0) is 18.9. The Hall–Kier alpha value is -1.83. The maximum atomic E-state index is 13.3. The Morgan fingerprint density at radius 1 is 1.19 bits per heavy atom. The van der Waals surface area contributed by atoms with Crippen molar-refractivity contribution in [2.75, 3.05) is 16.9 Å². The topological polar surface area (TPSA) is 66.8 Å². The van der Waals surface area contributed by atoms with Gasteiger partial charge < -0.3 is 0 Å². The van der Waals surface area contributed by atoms with E-state index in [0.29, 0.717) is 15.9 Å². The number of aliphatic imine (C=N–C) groups is 1. The summed E-state index contributed by atoms with van der Waals surface area (Å²) in [5, 5.41) is 1.10. The van der Waals surface area contributed by atoms with Gasteiger partial charge in [-0.3, -0.25) is 14.7 Å². The van der Waals surface area contributed by atoms with Crippen LogP contribution in [0.4, 0.5) is 5.69 Å². The van der Waals surface area contributed by atoms with Gasteiger partial charge in [0.25, 0.3) is 5.91 Å². The Balaban J connectivity index is 2.13. The molecule has 2 aromatic carbocycles. The molecule has 26 heavy (non-hydrogen) atoms. The molecule has 1 amide bonds. The lowest BCUT2D eigenvalue weighted by atomic mass is 10.2. The predicted molar refractivity (Wildman–Crippen MR) is 107 cm³/mol. The van der Waals surface area contributed by atoms with Crippen LogP contribution in [0.15, 0.2) is 58.4 Å². The summed E-state index contributed by atoms with van der Waals surface area (Å²) in [6, 6.07) is 13.1. The number of rotatable bonds is 3. The van der Waals surface area contributed by atoms with E-state index in [2.05, 4.69) is 4.99 Å². The highest BCUT2D eigenvalue weighted by Crippen LogP contribution is 2.29. The summed E-state index contributed by atoms with van der Waals surface area (Å²) in [5.74, 6) is 0.328. The van der Waals surface area contributed by atoms with Crippen LogP contribution in [0, 0.1) is 0 Å². The first-order valence-corrected chi connectivity index (χ1v) is 11.1. The third-order valence-electron chi connectivity index (χ3n) is 3.78. The van der Waals surface area contributed by atoms with Gasteiger partial charge in [0.1, 0.15) is 0 Å². The lowest BCUT2D eigenvalue weighted by molar-refractivity contribution is 0.1000. The van der Waals surface area contributed by atoms with Gasteiger partial charge in [-0.15, -0.1) is 0 Å². The highest BCUT2D eigenvalue weighted by molar-refractivity contribution is 8.14. The molecule has 1 unspecified atom stereocenters. The van der Waals surface area contributed by atoms with Gasteiger partial charge in [0.2, 0.25) is 0 Å². The second-order valence-electron chi connectivity index (χ2n) is 5.96. The molecule has 0 bridgehead atoms. The first-order chi connectivity index (χ1) is 12.3. The summed E-state index contributed by atoms with van der Waals surface area (Å²) in [4.78, 5) is 19.3. The van der Waals surface area contributed by atoms with Gasteiger partial charge in [0, 0.05) is 17.0 Å². The van der Waals surface area contributed by atoms with E-state index in [0.717, 1.165) is 12.0 Å². The molecule has 0 aromatic heterocycles. The predicted octanol–water partition coefficient (Wildman–Crippen LogP) is 3.88. The van der Waals surface area contributed by atoms with Crippen molar-refractivity contribution in [3.63, 3.8) is 0 Å². The van der Waals surface area contributed by atoms with Crippen LogP contribution in [-0.2, 0) is 9.84 Å². The second kappa shape index (κ2) is 7.42. The van der Waals surface area contributed by atoms with E-state index in [1.807, 2.05) is 6.92 Å². The van der Waals surface area contributed by atoms with E-state index < -0.39 is 15.7 Å². The molecular weight excluding hydrogens is 392 g/mol. The molecule has 0 N–H and O–H groups in total. The Bertz CT molecular complexity index is 972. The van der Waals surface area contributed by atoms with E-state index in [1.54, 1.807) is 36.4 Å². The molecule has 0 radical (unpaired) electrons. The molecule has 136 valence electrons. The largest absolute Gasteiger partial charge is 0.268 e. The number of thioether (sulfide) groups is 1. The molecule has 0 aliphatic carbocycles. The third kappa shape index (κ3) is 3.95. The van der Waals surface area contributed by atoms with Crippen molar-refractivity contribution in [3.05, 3.63) is 59.1 Å². The van der Waals surface area contributed by atoms with Crippen LogP contribution in [0.3, 0.4) is 0 Å². The number of hydrogen-bond donors (Lipinski definition) is 0. The SMILES string of the molecule is CC1CSC(N(C(=O)c2ccccc2S(C)(=O)=O)c2ccc(Cl)cc2)=N1. The van der Waals surface area contributed by atoms with Gasteiger partial charge in [0.15, 0.2) is 15.0 Å². The van der Waals surface area contributed by atoms with Crippen LogP contribution in [0.25, 0.3) is 0 Å². The maximum absolute atomic E-state index is 13.3. The third-order valence-corrected chi connectivity index (χ3v) is 6.38. The molecule has 1 heterocycles. The molecule has 0 spiro atoms. The van der Waals surface area contributed by atoms with Crippen LogP contribution in [0.1, 0.15) is 17.3 Å². The minimum Gasteiger partial charge on any atom is -0.268 e. The highest BCUT2D eigenvalue weighted by atomic mass is 35.5. The van der Waals surface area contributed by atoms with Crippen LogP contribution in [0.2, 0.25) is 5.02 Å². The van der Waals surface area contributed by atoms with Crippen molar-refractivity contribution in [3.8, 4) is 0 Å². The molecular formula is C18H17ClN2O3S2. The molecule has 1 atom stereocenters. The lowest BCUT2D eigenvalue weighted by Gasteiger charge is -2.23. The first kappa shape index (κ1) is 18.9. The fourth-order valence-corrected chi connectivity index (χ4v) is 4.62. The molecule has 0 saturated carbocycles. The van der Waals surface area contributed by atoms with Gasteiger partial charge in [-0.1, -0.05) is 35.5 Å². The molecule has 5 nitrogen and oxygen atoms in total. The van der Waals surface area contributed by atoms with Crippen LogP contribution in [-0.4, -0.2) is 37.5 Å². The summed E-state index contributed by atoms with van der Waals surface area (Å²) in [5.41, 5.74) is 0.704. The van der Waals surface area contributed by atoms with Crippen molar-refractivity contribution in [2.45, 2.75) is 17.9 Å². The van der Waals surface area contributed by atoms with Gasteiger partial charge >= 0.3 is 0 Å². The van der Waals surface area contributed by atoms with Crippen molar-refractivity contribution < 1.29 is 13.2 Å². The monoisotopic (exact) mass is 408 g/mol. The number of sulfone groups is 1. The van der Waals surface area contributed by atoms with Gasteiger partial charge in [-0.2, -0.15) is 0 Å². The number of amides is 1. The molecule has 0 fully saturated rings. The highest BCUT2D eigenvalue weighted by Gasteiger charge is 2.30. The van der Waals surface area contributed by atoms with E-state index in [1.165, 1.54) is 28.8 Å². The number of carbonyl (C=O) groups excluding carboxylic acids is 1. The average molecular weight is 409 g/mol. The standard InChI is InChI=1S/C18H17ClN2O3S2/c1-12-11-25-18(20-12)21(14-9-7-13(19)8-10-14)17(22)15-5-3-4-6-16(15)26(2,23)24/h3-10,12H,11H2,1-2H3. The molecule has 2 aromatic rings. The quantitative estimate of drug-likeness (QED) is 0.772. The summed E-state index contributed by atoms with van der Waals surface area (Å²) in [7, 11) is -3.55. The molecule has 3 rings (SSSR count). The van der Waals surface area contributed by atoms with Crippen molar-refractivity contribution >= 4 is 50.0 Å². The Morgan fingerprint density at radius 3 is 2.42 bits per heavy atom. The van der Waals surface area contributed by atoms with E-state index in [-0.39, 0.29) is 16.5 Å². The number of halogens is 1. The van der Waals surface area contributed by atoms with Crippen molar-refractivity contribution in [1.29, 1.82) is 0 Å². The molecule has 1 aliphatic heterocycles. The first-order valence-electron chi connectivity index (χ1n) is 7.87. The number of carbonyl (C=O) groups is 1. The Kier molecular flexibility index (Phi) is 5.41. The van der Waals surface area contributed by atoms with Gasteiger partial charge in [0.05, 0.1) is 22.2 Å².